The largest absolute Gasteiger partial charge is 0.497 e. The van der Waals surface area contributed by atoms with Crippen LogP contribution in [0.5, 0.6) is 17.2 Å². The number of amidine groups is 1. The lowest BCUT2D eigenvalue weighted by Gasteiger charge is -2.12. The molecule has 3 N–H and O–H groups in total. The molecule has 2 aromatic rings. The summed E-state index contributed by atoms with van der Waals surface area (Å²) < 4.78 is 24.0. The average molecular weight is 274 g/mol. The van der Waals surface area contributed by atoms with Crippen molar-refractivity contribution in [2.75, 3.05) is 7.11 Å². The average Bonchev–Trinajstić information content (AvgIpc) is 2.42. The van der Waals surface area contributed by atoms with E-state index in [1.165, 1.54) is 19.2 Å². The van der Waals surface area contributed by atoms with Crippen molar-refractivity contribution in [2.24, 2.45) is 5.73 Å². The number of hydrogen-bond donors (Lipinski definition) is 2. The molecule has 0 atom stereocenters. The van der Waals surface area contributed by atoms with Crippen LogP contribution in [0.15, 0.2) is 36.4 Å². The lowest BCUT2D eigenvalue weighted by Crippen LogP contribution is -2.12. The summed E-state index contributed by atoms with van der Waals surface area (Å²) in [5.74, 6) is 1.04. The molecule has 2 aromatic carbocycles. The topological polar surface area (TPSA) is 68.3 Å². The maximum Gasteiger partial charge on any atom is 0.142 e. The molecule has 0 aliphatic carbocycles. The first-order valence-electron chi connectivity index (χ1n) is 5.97. The Hall–Kier alpha value is -2.56. The van der Waals surface area contributed by atoms with Gasteiger partial charge in [-0.15, -0.1) is 0 Å². The molecule has 5 heteroatoms. The van der Waals surface area contributed by atoms with E-state index < -0.39 is 0 Å². The number of halogens is 1. The van der Waals surface area contributed by atoms with Crippen molar-refractivity contribution >= 4 is 5.84 Å². The van der Waals surface area contributed by atoms with Gasteiger partial charge in [0.25, 0.3) is 0 Å². The molecule has 0 fully saturated rings. The van der Waals surface area contributed by atoms with Crippen LogP contribution in [0.1, 0.15) is 11.1 Å². The van der Waals surface area contributed by atoms with Crippen LogP contribution in [-0.2, 0) is 0 Å². The number of aryl methyl sites for hydroxylation is 1. The molecule has 0 aromatic heterocycles. The van der Waals surface area contributed by atoms with Crippen LogP contribution < -0.4 is 15.2 Å². The quantitative estimate of drug-likeness (QED) is 0.664. The van der Waals surface area contributed by atoms with E-state index >= 15 is 0 Å². The monoisotopic (exact) mass is 274 g/mol. The van der Waals surface area contributed by atoms with E-state index in [-0.39, 0.29) is 11.7 Å². The minimum atomic E-state index is -0.296. The standard InChI is InChI=1S/C15H15FN2O2/c1-9-7-11(4-6-13(9)16)20-14-8-10(19-2)3-5-12(14)15(17)18/h3-8H,1-2H3,(H3,17,18). The molecule has 0 spiro atoms. The molecule has 104 valence electrons. The van der Waals surface area contributed by atoms with Gasteiger partial charge in [0, 0.05) is 6.07 Å². The maximum atomic E-state index is 13.2. The number of nitrogens with two attached hydrogens (primary N) is 1. The first-order chi connectivity index (χ1) is 9.51. The summed E-state index contributed by atoms with van der Waals surface area (Å²) in [6.45, 7) is 1.65. The molecule has 0 saturated heterocycles. The van der Waals surface area contributed by atoms with Gasteiger partial charge in [0.15, 0.2) is 0 Å². The van der Waals surface area contributed by atoms with Crippen LogP contribution >= 0.6 is 0 Å². The smallest absolute Gasteiger partial charge is 0.142 e. The SMILES string of the molecule is COc1ccc(C(=N)N)c(Oc2ccc(F)c(C)c2)c1. The second-order valence-electron chi connectivity index (χ2n) is 4.29. The van der Waals surface area contributed by atoms with Gasteiger partial charge in [-0.3, -0.25) is 5.41 Å². The molecule has 0 aliphatic rings. The Morgan fingerprint density at radius 2 is 1.85 bits per heavy atom. The van der Waals surface area contributed by atoms with Gasteiger partial charge < -0.3 is 15.2 Å². The van der Waals surface area contributed by atoms with Gasteiger partial charge in [0.1, 0.15) is 28.9 Å². The molecule has 0 aliphatic heterocycles. The molecular weight excluding hydrogens is 259 g/mol. The number of hydrogen-bond acceptors (Lipinski definition) is 3. The lowest BCUT2D eigenvalue weighted by atomic mass is 10.1. The van der Waals surface area contributed by atoms with E-state index in [1.807, 2.05) is 0 Å². The highest BCUT2D eigenvalue weighted by atomic mass is 19.1. The molecule has 20 heavy (non-hydrogen) atoms. The number of nitrogens with one attached hydrogen (secondary N) is 1. The maximum absolute atomic E-state index is 13.2. The van der Waals surface area contributed by atoms with E-state index in [0.717, 1.165) is 0 Å². The van der Waals surface area contributed by atoms with Crippen molar-refractivity contribution in [3.05, 3.63) is 53.3 Å². The van der Waals surface area contributed by atoms with Crippen molar-refractivity contribution in [1.82, 2.24) is 0 Å². The van der Waals surface area contributed by atoms with Crippen molar-refractivity contribution in [3.63, 3.8) is 0 Å². The van der Waals surface area contributed by atoms with Gasteiger partial charge in [0.05, 0.1) is 12.7 Å². The molecule has 0 saturated carbocycles. The molecular formula is C15H15FN2O2. The van der Waals surface area contributed by atoms with Gasteiger partial charge in [0.2, 0.25) is 0 Å². The van der Waals surface area contributed by atoms with E-state index in [9.17, 15) is 4.39 Å². The highest BCUT2D eigenvalue weighted by Crippen LogP contribution is 2.30. The summed E-state index contributed by atoms with van der Waals surface area (Å²) in [5.41, 5.74) is 6.45. The molecule has 2 rings (SSSR count). The molecule has 4 nitrogen and oxygen atoms in total. The summed E-state index contributed by atoms with van der Waals surface area (Å²) in [6, 6.07) is 9.41. The highest BCUT2D eigenvalue weighted by molar-refractivity contribution is 5.97. The fraction of sp³-hybridized carbons (Fsp3) is 0.133. The van der Waals surface area contributed by atoms with E-state index in [4.69, 9.17) is 20.6 Å². The third kappa shape index (κ3) is 2.88. The van der Waals surface area contributed by atoms with Gasteiger partial charge >= 0.3 is 0 Å². The first kappa shape index (κ1) is 13.9. The zero-order valence-electron chi connectivity index (χ0n) is 11.2. The molecule has 0 unspecified atom stereocenters. The number of rotatable bonds is 4. The second-order valence-corrected chi connectivity index (χ2v) is 4.29. The Balaban J connectivity index is 2.40. The summed E-state index contributed by atoms with van der Waals surface area (Å²) in [4.78, 5) is 0. The third-order valence-corrected chi connectivity index (χ3v) is 2.84. The Bertz CT molecular complexity index is 656. The molecule has 0 radical (unpaired) electrons. The van der Waals surface area contributed by atoms with Crippen molar-refractivity contribution < 1.29 is 13.9 Å². The van der Waals surface area contributed by atoms with E-state index in [0.29, 0.717) is 28.4 Å². The second kappa shape index (κ2) is 5.61. The van der Waals surface area contributed by atoms with Gasteiger partial charge in [-0.25, -0.2) is 4.39 Å². The predicted molar refractivity (Wildman–Crippen MR) is 75.2 cm³/mol. The lowest BCUT2D eigenvalue weighted by molar-refractivity contribution is 0.408. The van der Waals surface area contributed by atoms with Crippen LogP contribution in [0, 0.1) is 18.2 Å². The molecule has 0 bridgehead atoms. The Kier molecular flexibility index (Phi) is 3.89. The third-order valence-electron chi connectivity index (χ3n) is 2.84. The first-order valence-corrected chi connectivity index (χ1v) is 5.97. The zero-order chi connectivity index (χ0) is 14.7. The fourth-order valence-electron chi connectivity index (χ4n) is 1.74. The Morgan fingerprint density at radius 3 is 2.45 bits per heavy atom. The summed E-state index contributed by atoms with van der Waals surface area (Å²) >= 11 is 0. The van der Waals surface area contributed by atoms with Crippen LogP contribution in [0.25, 0.3) is 0 Å². The minimum absolute atomic E-state index is 0.110. The normalized spacial score (nSPS) is 10.2. The number of nitrogen functional groups attached to an aromatic ring is 1. The number of methoxy groups -OCH3 is 1. The fourth-order valence-corrected chi connectivity index (χ4v) is 1.74. The Labute approximate surface area is 116 Å². The van der Waals surface area contributed by atoms with Crippen molar-refractivity contribution in [1.29, 1.82) is 5.41 Å². The van der Waals surface area contributed by atoms with E-state index in [1.54, 1.807) is 31.2 Å². The van der Waals surface area contributed by atoms with Gasteiger partial charge in [-0.1, -0.05) is 0 Å². The predicted octanol–water partition coefficient (Wildman–Crippen LogP) is 3.22. The Morgan fingerprint density at radius 1 is 1.15 bits per heavy atom. The number of benzene rings is 2. The summed E-state index contributed by atoms with van der Waals surface area (Å²) in [6.07, 6.45) is 0. The highest BCUT2D eigenvalue weighted by Gasteiger charge is 2.10. The van der Waals surface area contributed by atoms with E-state index in [2.05, 4.69) is 0 Å². The number of ether oxygens (including phenoxy) is 2. The minimum Gasteiger partial charge on any atom is -0.497 e. The summed E-state index contributed by atoms with van der Waals surface area (Å²) in [5, 5.41) is 7.54. The molecule has 0 heterocycles. The van der Waals surface area contributed by atoms with Crippen LogP contribution in [-0.4, -0.2) is 12.9 Å². The van der Waals surface area contributed by atoms with Crippen LogP contribution in [0.2, 0.25) is 0 Å². The van der Waals surface area contributed by atoms with Gasteiger partial charge in [-0.2, -0.15) is 0 Å². The van der Waals surface area contributed by atoms with Gasteiger partial charge in [-0.05, 0) is 42.8 Å². The van der Waals surface area contributed by atoms with Crippen molar-refractivity contribution in [3.8, 4) is 17.2 Å². The zero-order valence-corrected chi connectivity index (χ0v) is 11.2. The summed E-state index contributed by atoms with van der Waals surface area (Å²) in [7, 11) is 1.54. The van der Waals surface area contributed by atoms with Crippen LogP contribution in [0.3, 0.4) is 0 Å². The van der Waals surface area contributed by atoms with Crippen LogP contribution in [0.4, 0.5) is 4.39 Å². The molecule has 0 amide bonds. The van der Waals surface area contributed by atoms with Crippen molar-refractivity contribution in [2.45, 2.75) is 6.92 Å².